The van der Waals surface area contributed by atoms with Gasteiger partial charge in [0.25, 0.3) is 5.91 Å². The molecule has 8 nitrogen and oxygen atoms in total. The molecule has 2 aromatic rings. The van der Waals surface area contributed by atoms with Crippen molar-refractivity contribution in [1.82, 2.24) is 9.78 Å². The van der Waals surface area contributed by atoms with Crippen molar-refractivity contribution in [3.63, 3.8) is 0 Å². The van der Waals surface area contributed by atoms with Crippen molar-refractivity contribution in [2.24, 2.45) is 0 Å². The Labute approximate surface area is 174 Å². The summed E-state index contributed by atoms with van der Waals surface area (Å²) in [5, 5.41) is 7.80. The van der Waals surface area contributed by atoms with Gasteiger partial charge in [-0.3, -0.25) is 9.48 Å². The number of hydrogen-bond donors (Lipinski definition) is 1. The van der Waals surface area contributed by atoms with Crippen molar-refractivity contribution in [2.75, 3.05) is 31.0 Å². The van der Waals surface area contributed by atoms with Crippen LogP contribution in [0.4, 0.5) is 5.69 Å². The van der Waals surface area contributed by atoms with Crippen LogP contribution in [0, 0.1) is 0 Å². The maximum absolute atomic E-state index is 13.3. The molecule has 2 heterocycles. The number of carbonyl (C=O) groups excluding carboxylic acids is 1. The van der Waals surface area contributed by atoms with Crippen LogP contribution in [0.1, 0.15) is 40.6 Å². The number of nitrogens with one attached hydrogen (secondary N) is 1. The Morgan fingerprint density at radius 1 is 1.24 bits per heavy atom. The maximum atomic E-state index is 13.3. The van der Waals surface area contributed by atoms with Crippen molar-refractivity contribution in [3.8, 4) is 11.5 Å². The number of amides is 1. The summed E-state index contributed by atoms with van der Waals surface area (Å²) in [7, 11) is -0.119. The predicted octanol–water partition coefficient (Wildman–Crippen LogP) is 2.65. The van der Waals surface area contributed by atoms with Gasteiger partial charge in [0.1, 0.15) is 17.2 Å². The van der Waals surface area contributed by atoms with Crippen LogP contribution in [0.3, 0.4) is 0 Å². The number of benzene rings is 1. The largest absolute Gasteiger partial charge is 0.495 e. The number of fused-ring (bicyclic) bond motifs is 1. The van der Waals surface area contributed by atoms with E-state index in [0.717, 1.165) is 30.5 Å². The number of ether oxygens (including phenoxy) is 2. The summed E-state index contributed by atoms with van der Waals surface area (Å²) in [6.45, 7) is 0. The van der Waals surface area contributed by atoms with Gasteiger partial charge in [-0.1, -0.05) is 11.6 Å². The molecule has 2 aliphatic rings. The third-order valence-corrected chi connectivity index (χ3v) is 7.47. The summed E-state index contributed by atoms with van der Waals surface area (Å²) in [6.07, 6.45) is 2.93. The van der Waals surface area contributed by atoms with E-state index in [4.69, 9.17) is 21.1 Å². The van der Waals surface area contributed by atoms with Crippen LogP contribution in [0.2, 0.25) is 5.02 Å². The lowest BCUT2D eigenvalue weighted by Crippen LogP contribution is -2.23. The van der Waals surface area contributed by atoms with Crippen molar-refractivity contribution < 1.29 is 22.7 Å². The highest BCUT2D eigenvalue weighted by atomic mass is 35.5. The van der Waals surface area contributed by atoms with E-state index in [-0.39, 0.29) is 23.5 Å². The summed E-state index contributed by atoms with van der Waals surface area (Å²) < 4.78 is 36.1. The van der Waals surface area contributed by atoms with Crippen LogP contribution in [-0.2, 0) is 22.7 Å². The Bertz CT molecular complexity index is 1080. The fourth-order valence-corrected chi connectivity index (χ4v) is 5.96. The molecule has 1 aliphatic heterocycles. The second-order valence-corrected chi connectivity index (χ2v) is 9.91. The molecule has 1 fully saturated rings. The fraction of sp³-hybridized carbons (Fsp3) is 0.474. The Balaban J connectivity index is 1.70. The average molecular weight is 440 g/mol. The number of carbonyl (C=O) groups is 1. The van der Waals surface area contributed by atoms with E-state index >= 15 is 0 Å². The molecule has 0 saturated carbocycles. The van der Waals surface area contributed by atoms with Crippen molar-refractivity contribution in [2.45, 2.75) is 31.7 Å². The van der Waals surface area contributed by atoms with Gasteiger partial charge in [-0.2, -0.15) is 5.10 Å². The maximum Gasteiger partial charge on any atom is 0.274 e. The number of aromatic nitrogens is 2. The molecule has 1 aromatic heterocycles. The number of sulfone groups is 1. The fourth-order valence-electron chi connectivity index (χ4n) is 4.02. The van der Waals surface area contributed by atoms with E-state index in [2.05, 4.69) is 10.4 Å². The standard InChI is InChI=1S/C19H22ClN3O5S/c1-27-16-9-17(28-2)15(8-13(16)20)21-19(24)18-12-4-3-5-14(12)22-23(18)11-6-7-29(25,26)10-11/h8-9,11H,3-7,10H2,1-2H3,(H,21,24)/t11-/m1/s1. The summed E-state index contributed by atoms with van der Waals surface area (Å²) in [5.74, 6) is 0.607. The van der Waals surface area contributed by atoms with Crippen molar-refractivity contribution in [1.29, 1.82) is 0 Å². The normalized spacial score (nSPS) is 19.8. The van der Waals surface area contributed by atoms with Gasteiger partial charge in [0.05, 0.1) is 48.2 Å². The Kier molecular flexibility index (Phi) is 5.20. The summed E-state index contributed by atoms with van der Waals surface area (Å²) in [4.78, 5) is 13.3. The molecule has 10 heteroatoms. The molecule has 1 atom stereocenters. The van der Waals surface area contributed by atoms with E-state index in [1.807, 2.05) is 0 Å². The molecule has 29 heavy (non-hydrogen) atoms. The smallest absolute Gasteiger partial charge is 0.274 e. The number of aryl methyl sites for hydroxylation is 1. The van der Waals surface area contributed by atoms with Gasteiger partial charge < -0.3 is 14.8 Å². The second kappa shape index (κ2) is 7.53. The zero-order valence-electron chi connectivity index (χ0n) is 16.2. The molecule has 0 radical (unpaired) electrons. The summed E-state index contributed by atoms with van der Waals surface area (Å²) in [5.41, 5.74) is 2.60. The number of hydrogen-bond acceptors (Lipinski definition) is 6. The number of anilines is 1. The molecular weight excluding hydrogens is 418 g/mol. The third kappa shape index (κ3) is 3.69. The van der Waals surface area contributed by atoms with Crippen LogP contribution in [-0.4, -0.2) is 49.8 Å². The SMILES string of the molecule is COc1cc(OC)c(NC(=O)c2c3c(nn2[C@@H]2CCS(=O)(=O)C2)CCC3)cc1Cl. The quantitative estimate of drug-likeness (QED) is 0.768. The zero-order valence-corrected chi connectivity index (χ0v) is 17.8. The molecule has 1 aliphatic carbocycles. The lowest BCUT2D eigenvalue weighted by Gasteiger charge is -2.16. The monoisotopic (exact) mass is 439 g/mol. The lowest BCUT2D eigenvalue weighted by molar-refractivity contribution is 0.101. The molecule has 1 saturated heterocycles. The minimum atomic E-state index is -3.11. The molecule has 0 bridgehead atoms. The number of rotatable bonds is 5. The van der Waals surface area contributed by atoms with Crippen LogP contribution in [0.25, 0.3) is 0 Å². The van der Waals surface area contributed by atoms with Crippen molar-refractivity contribution >= 4 is 33.0 Å². The van der Waals surface area contributed by atoms with Gasteiger partial charge in [0, 0.05) is 11.6 Å². The predicted molar refractivity (Wildman–Crippen MR) is 109 cm³/mol. The molecule has 156 valence electrons. The van der Waals surface area contributed by atoms with Crippen LogP contribution < -0.4 is 14.8 Å². The Morgan fingerprint density at radius 2 is 2.00 bits per heavy atom. The van der Waals surface area contributed by atoms with Gasteiger partial charge in [-0.25, -0.2) is 8.42 Å². The first-order chi connectivity index (χ1) is 13.8. The summed E-state index contributed by atoms with van der Waals surface area (Å²) in [6, 6.07) is 2.84. The first-order valence-corrected chi connectivity index (χ1v) is 11.6. The highest BCUT2D eigenvalue weighted by Crippen LogP contribution is 2.37. The lowest BCUT2D eigenvalue weighted by atomic mass is 10.1. The van der Waals surface area contributed by atoms with Crippen LogP contribution >= 0.6 is 11.6 Å². The van der Waals surface area contributed by atoms with Gasteiger partial charge in [-0.15, -0.1) is 0 Å². The Morgan fingerprint density at radius 3 is 2.66 bits per heavy atom. The minimum absolute atomic E-state index is 0.00548. The van der Waals surface area contributed by atoms with Crippen molar-refractivity contribution in [3.05, 3.63) is 34.1 Å². The first-order valence-electron chi connectivity index (χ1n) is 9.36. The third-order valence-electron chi connectivity index (χ3n) is 5.42. The highest BCUT2D eigenvalue weighted by molar-refractivity contribution is 7.91. The molecule has 0 unspecified atom stereocenters. The van der Waals surface area contributed by atoms with Gasteiger partial charge in [0.2, 0.25) is 0 Å². The number of nitrogens with zero attached hydrogens (tertiary/aromatic N) is 2. The second-order valence-electron chi connectivity index (χ2n) is 7.27. The molecule has 1 N–H and O–H groups in total. The zero-order chi connectivity index (χ0) is 20.8. The van der Waals surface area contributed by atoms with E-state index in [1.165, 1.54) is 14.2 Å². The first kappa shape index (κ1) is 20.0. The molecule has 1 aromatic carbocycles. The van der Waals surface area contributed by atoms with Gasteiger partial charge >= 0.3 is 0 Å². The van der Waals surface area contributed by atoms with Crippen LogP contribution in [0.15, 0.2) is 12.1 Å². The summed E-state index contributed by atoms with van der Waals surface area (Å²) >= 11 is 6.21. The van der Waals surface area contributed by atoms with E-state index in [1.54, 1.807) is 16.8 Å². The molecule has 1 amide bonds. The molecular formula is C19H22ClN3O5S. The molecule has 0 spiro atoms. The Hall–Kier alpha value is -2.26. The van der Waals surface area contributed by atoms with Crippen LogP contribution in [0.5, 0.6) is 11.5 Å². The van der Waals surface area contributed by atoms with E-state index in [9.17, 15) is 13.2 Å². The highest BCUT2D eigenvalue weighted by Gasteiger charge is 2.35. The topological polar surface area (TPSA) is 99.5 Å². The number of halogens is 1. The average Bonchev–Trinajstić information content (AvgIpc) is 3.35. The number of methoxy groups -OCH3 is 2. The molecule has 4 rings (SSSR count). The van der Waals surface area contributed by atoms with Gasteiger partial charge in [0.15, 0.2) is 9.84 Å². The van der Waals surface area contributed by atoms with Gasteiger partial charge in [-0.05, 0) is 31.7 Å². The van der Waals surface area contributed by atoms with E-state index in [0.29, 0.717) is 34.3 Å². The van der Waals surface area contributed by atoms with E-state index < -0.39 is 9.84 Å². The minimum Gasteiger partial charge on any atom is -0.495 e.